The Hall–Kier alpha value is -1.63. The summed E-state index contributed by atoms with van der Waals surface area (Å²) >= 11 is 1.55. The summed E-state index contributed by atoms with van der Waals surface area (Å²) in [6.07, 6.45) is 8.47. The zero-order valence-corrected chi connectivity index (χ0v) is 17.2. The van der Waals surface area contributed by atoms with Crippen molar-refractivity contribution in [2.45, 2.75) is 77.7 Å². The van der Waals surface area contributed by atoms with Crippen LogP contribution in [0.1, 0.15) is 69.5 Å². The Morgan fingerprint density at radius 2 is 1.93 bits per heavy atom. The highest BCUT2D eigenvalue weighted by atomic mass is 32.1. The topological polar surface area (TPSA) is 90.7 Å². The lowest BCUT2D eigenvalue weighted by molar-refractivity contribution is -0.143. The number of thiazole rings is 1. The van der Waals surface area contributed by atoms with Crippen molar-refractivity contribution in [1.82, 2.24) is 9.88 Å². The standard InChI is InChI=1S/C20H32N2O4S/c1-14(2)12-17(19(23)24)22(20(25)26)11-10-18-21-16(13-27-18)9-8-15-6-4-3-5-7-15/h13-15,17H,3-12H2,1-2H3,(H,23,24)(H,25,26). The van der Waals surface area contributed by atoms with Gasteiger partial charge in [-0.3, -0.25) is 4.90 Å². The minimum absolute atomic E-state index is 0.110. The van der Waals surface area contributed by atoms with Gasteiger partial charge < -0.3 is 10.2 Å². The van der Waals surface area contributed by atoms with E-state index >= 15 is 0 Å². The molecule has 7 heteroatoms. The first kappa shape index (κ1) is 21.7. The van der Waals surface area contributed by atoms with Crippen LogP contribution in [-0.4, -0.2) is 44.7 Å². The predicted octanol–water partition coefficient (Wildman–Crippen LogP) is 4.68. The number of carboxylic acid groups (broad SMARTS) is 2. The molecule has 152 valence electrons. The Labute approximate surface area is 165 Å². The minimum Gasteiger partial charge on any atom is -0.480 e. The second kappa shape index (κ2) is 10.6. The van der Waals surface area contributed by atoms with E-state index in [1.54, 1.807) is 11.3 Å². The van der Waals surface area contributed by atoms with Crippen molar-refractivity contribution < 1.29 is 19.8 Å². The maximum absolute atomic E-state index is 11.6. The highest BCUT2D eigenvalue weighted by Crippen LogP contribution is 2.27. The van der Waals surface area contributed by atoms with Crippen LogP contribution in [0, 0.1) is 11.8 Å². The van der Waals surface area contributed by atoms with Gasteiger partial charge in [-0.05, 0) is 31.1 Å². The van der Waals surface area contributed by atoms with Crippen LogP contribution in [0.5, 0.6) is 0 Å². The lowest BCUT2D eigenvalue weighted by Gasteiger charge is -2.27. The van der Waals surface area contributed by atoms with Crippen LogP contribution < -0.4 is 0 Å². The van der Waals surface area contributed by atoms with Crippen molar-refractivity contribution in [2.75, 3.05) is 6.54 Å². The fourth-order valence-electron chi connectivity index (χ4n) is 3.82. The Morgan fingerprint density at radius 3 is 2.52 bits per heavy atom. The number of aryl methyl sites for hydroxylation is 1. The second-order valence-electron chi connectivity index (χ2n) is 7.98. The van der Waals surface area contributed by atoms with Gasteiger partial charge >= 0.3 is 12.1 Å². The highest BCUT2D eigenvalue weighted by molar-refractivity contribution is 7.09. The van der Waals surface area contributed by atoms with E-state index in [9.17, 15) is 19.8 Å². The quantitative estimate of drug-likeness (QED) is 0.599. The summed E-state index contributed by atoms with van der Waals surface area (Å²) in [7, 11) is 0. The van der Waals surface area contributed by atoms with E-state index in [2.05, 4.69) is 10.4 Å². The molecule has 1 amide bonds. The van der Waals surface area contributed by atoms with Crippen molar-refractivity contribution in [2.24, 2.45) is 11.8 Å². The summed E-state index contributed by atoms with van der Waals surface area (Å²) in [5.74, 6) is -0.156. The third-order valence-corrected chi connectivity index (χ3v) is 6.26. The molecule has 0 spiro atoms. The molecule has 1 saturated carbocycles. The van der Waals surface area contributed by atoms with E-state index in [0.717, 1.165) is 27.9 Å². The molecule has 6 nitrogen and oxygen atoms in total. The van der Waals surface area contributed by atoms with Gasteiger partial charge in [-0.15, -0.1) is 11.3 Å². The molecule has 1 aromatic heterocycles. The number of hydrogen-bond acceptors (Lipinski definition) is 4. The molecule has 27 heavy (non-hydrogen) atoms. The lowest BCUT2D eigenvalue weighted by Crippen LogP contribution is -2.46. The molecule has 1 fully saturated rings. The van der Waals surface area contributed by atoms with Crippen molar-refractivity contribution in [3.05, 3.63) is 16.1 Å². The molecule has 0 saturated heterocycles. The molecule has 0 aliphatic heterocycles. The predicted molar refractivity (Wildman–Crippen MR) is 106 cm³/mol. The first-order valence-corrected chi connectivity index (χ1v) is 10.9. The fourth-order valence-corrected chi connectivity index (χ4v) is 4.64. The van der Waals surface area contributed by atoms with Gasteiger partial charge in [-0.1, -0.05) is 46.0 Å². The van der Waals surface area contributed by atoms with E-state index in [-0.39, 0.29) is 12.5 Å². The number of nitrogens with zero attached hydrogens (tertiary/aromatic N) is 2. The number of carbonyl (C=O) groups is 2. The van der Waals surface area contributed by atoms with Crippen LogP contribution in [0.25, 0.3) is 0 Å². The van der Waals surface area contributed by atoms with E-state index in [1.807, 2.05) is 13.8 Å². The van der Waals surface area contributed by atoms with E-state index in [4.69, 9.17) is 0 Å². The van der Waals surface area contributed by atoms with Crippen LogP contribution in [0.3, 0.4) is 0 Å². The van der Waals surface area contributed by atoms with Crippen LogP contribution in [0.15, 0.2) is 5.38 Å². The molecule has 2 rings (SSSR count). The number of aliphatic carboxylic acids is 1. The van der Waals surface area contributed by atoms with Gasteiger partial charge in [0, 0.05) is 18.3 Å². The Bertz CT molecular complexity index is 611. The lowest BCUT2D eigenvalue weighted by atomic mass is 9.86. The number of hydrogen-bond donors (Lipinski definition) is 2. The van der Waals surface area contributed by atoms with E-state index in [0.29, 0.717) is 12.8 Å². The van der Waals surface area contributed by atoms with Crippen molar-refractivity contribution in [3.8, 4) is 0 Å². The molecule has 2 N–H and O–H groups in total. The zero-order chi connectivity index (χ0) is 19.8. The molecule has 0 aromatic carbocycles. The monoisotopic (exact) mass is 396 g/mol. The Balaban J connectivity index is 1.88. The maximum atomic E-state index is 11.6. The zero-order valence-electron chi connectivity index (χ0n) is 16.4. The van der Waals surface area contributed by atoms with Crippen LogP contribution in [0.4, 0.5) is 4.79 Å². The van der Waals surface area contributed by atoms with Crippen molar-refractivity contribution >= 4 is 23.4 Å². The van der Waals surface area contributed by atoms with Gasteiger partial charge in [-0.2, -0.15) is 0 Å². The van der Waals surface area contributed by atoms with Crippen LogP contribution >= 0.6 is 11.3 Å². The van der Waals surface area contributed by atoms with Crippen molar-refractivity contribution in [3.63, 3.8) is 0 Å². The molecule has 1 heterocycles. The third-order valence-electron chi connectivity index (χ3n) is 5.30. The second-order valence-corrected chi connectivity index (χ2v) is 8.93. The SMILES string of the molecule is CC(C)CC(C(=O)O)N(CCc1nc(CCC2CCCCC2)cs1)C(=O)O. The van der Waals surface area contributed by atoms with Gasteiger partial charge in [0.05, 0.1) is 10.7 Å². The van der Waals surface area contributed by atoms with Crippen LogP contribution in [-0.2, 0) is 17.6 Å². The molecule has 1 aliphatic carbocycles. The molecule has 0 bridgehead atoms. The van der Waals surface area contributed by atoms with Crippen LogP contribution in [0.2, 0.25) is 0 Å². The fraction of sp³-hybridized carbons (Fsp3) is 0.750. The summed E-state index contributed by atoms with van der Waals surface area (Å²) in [6, 6.07) is -1.01. The number of aromatic nitrogens is 1. The Kier molecular flexibility index (Phi) is 8.54. The molecule has 1 aromatic rings. The third kappa shape index (κ3) is 7.13. The van der Waals surface area contributed by atoms with Gasteiger partial charge in [0.2, 0.25) is 0 Å². The van der Waals surface area contributed by atoms with Crippen molar-refractivity contribution in [1.29, 1.82) is 0 Å². The summed E-state index contributed by atoms with van der Waals surface area (Å²) < 4.78 is 0. The normalized spacial score (nSPS) is 16.4. The molecule has 1 aliphatic rings. The highest BCUT2D eigenvalue weighted by Gasteiger charge is 2.30. The summed E-state index contributed by atoms with van der Waals surface area (Å²) in [6.45, 7) is 3.96. The Morgan fingerprint density at radius 1 is 1.22 bits per heavy atom. The molecule has 1 unspecified atom stereocenters. The summed E-state index contributed by atoms with van der Waals surface area (Å²) in [5, 5.41) is 21.8. The maximum Gasteiger partial charge on any atom is 0.408 e. The van der Waals surface area contributed by atoms with Gasteiger partial charge in [0.1, 0.15) is 6.04 Å². The number of amides is 1. The number of rotatable bonds is 10. The molecule has 1 atom stereocenters. The average molecular weight is 397 g/mol. The van der Waals surface area contributed by atoms with E-state index in [1.165, 1.54) is 38.5 Å². The van der Waals surface area contributed by atoms with Gasteiger partial charge in [0.25, 0.3) is 0 Å². The summed E-state index contributed by atoms with van der Waals surface area (Å²) in [4.78, 5) is 28.8. The van der Waals surface area contributed by atoms with E-state index < -0.39 is 18.1 Å². The first-order chi connectivity index (χ1) is 12.9. The number of carboxylic acids is 1. The molecular formula is C20H32N2O4S. The first-order valence-electron chi connectivity index (χ1n) is 10.0. The van der Waals surface area contributed by atoms with Gasteiger partial charge in [-0.25, -0.2) is 14.6 Å². The summed E-state index contributed by atoms with van der Waals surface area (Å²) in [5.41, 5.74) is 1.08. The molecule has 0 radical (unpaired) electrons. The minimum atomic E-state index is -1.18. The smallest absolute Gasteiger partial charge is 0.408 e. The largest absolute Gasteiger partial charge is 0.480 e. The molecular weight excluding hydrogens is 364 g/mol. The average Bonchev–Trinajstić information content (AvgIpc) is 3.07. The van der Waals surface area contributed by atoms with Gasteiger partial charge in [0.15, 0.2) is 0 Å².